The van der Waals surface area contributed by atoms with Crippen LogP contribution in [-0.4, -0.2) is 48.5 Å². The lowest BCUT2D eigenvalue weighted by atomic mass is 10.2. The molecule has 112 valence electrons. The molecule has 1 aromatic heterocycles. The van der Waals surface area contributed by atoms with Gasteiger partial charge in [-0.1, -0.05) is 41.7 Å². The Morgan fingerprint density at radius 2 is 1.95 bits per heavy atom. The first-order valence-corrected chi connectivity index (χ1v) is 8.76. The van der Waals surface area contributed by atoms with Crippen molar-refractivity contribution in [2.45, 2.75) is 6.42 Å². The predicted octanol–water partition coefficient (Wildman–Crippen LogP) is 3.56. The summed E-state index contributed by atoms with van der Waals surface area (Å²) < 4.78 is 0. The molecule has 0 atom stereocenters. The van der Waals surface area contributed by atoms with Gasteiger partial charge in [0.2, 0.25) is 0 Å². The van der Waals surface area contributed by atoms with Gasteiger partial charge in [-0.2, -0.15) is 0 Å². The lowest BCUT2D eigenvalue weighted by Crippen LogP contribution is -2.31. The Morgan fingerprint density at radius 1 is 1.10 bits per heavy atom. The van der Waals surface area contributed by atoms with E-state index in [-0.39, 0.29) is 0 Å². The third-order valence-corrected chi connectivity index (χ3v) is 5.09. The summed E-state index contributed by atoms with van der Waals surface area (Å²) in [5, 5.41) is 1.14. The molecule has 1 fully saturated rings. The highest BCUT2D eigenvalue weighted by Crippen LogP contribution is 2.31. The number of thiazole rings is 1. The van der Waals surface area contributed by atoms with E-state index < -0.39 is 0 Å². The number of hydrogen-bond donors (Lipinski definition) is 0. The van der Waals surface area contributed by atoms with Crippen molar-refractivity contribution in [1.82, 2.24) is 9.88 Å². The predicted molar refractivity (Wildman–Crippen MR) is 91.5 cm³/mol. The molecule has 2 aromatic rings. The molecular weight excluding hydrogens is 302 g/mol. The number of rotatable bonds is 4. The largest absolute Gasteiger partial charge is 0.347 e. The van der Waals surface area contributed by atoms with E-state index in [1.165, 1.54) is 16.9 Å². The maximum Gasteiger partial charge on any atom is 0.185 e. The standard InChI is InChI=1S/C16H20ClN3S/c17-7-10-19-8-4-9-20(12-11-19)16-18-13-15(21-16)14-5-2-1-3-6-14/h1-3,5-6,13H,4,7-12H2. The van der Waals surface area contributed by atoms with Crippen LogP contribution in [0.2, 0.25) is 0 Å². The molecule has 0 amide bonds. The molecule has 0 unspecified atom stereocenters. The molecule has 0 radical (unpaired) electrons. The summed E-state index contributed by atoms with van der Waals surface area (Å²) >= 11 is 7.63. The van der Waals surface area contributed by atoms with Gasteiger partial charge in [-0.3, -0.25) is 0 Å². The zero-order chi connectivity index (χ0) is 14.5. The van der Waals surface area contributed by atoms with Gasteiger partial charge >= 0.3 is 0 Å². The minimum absolute atomic E-state index is 0.718. The second-order valence-electron chi connectivity index (χ2n) is 5.24. The average Bonchev–Trinajstić information content (AvgIpc) is 2.90. The zero-order valence-electron chi connectivity index (χ0n) is 12.0. The quantitative estimate of drug-likeness (QED) is 0.803. The van der Waals surface area contributed by atoms with Crippen LogP contribution in [-0.2, 0) is 0 Å². The molecule has 1 aliphatic heterocycles. The Kier molecular flexibility index (Phi) is 5.12. The van der Waals surface area contributed by atoms with Crippen LogP contribution >= 0.6 is 22.9 Å². The SMILES string of the molecule is ClCCN1CCCN(c2ncc(-c3ccccc3)s2)CC1. The van der Waals surface area contributed by atoms with Gasteiger partial charge in [-0.15, -0.1) is 11.6 Å². The van der Waals surface area contributed by atoms with Crippen LogP contribution in [0.15, 0.2) is 36.5 Å². The Bertz CT molecular complexity index is 558. The number of halogens is 1. The van der Waals surface area contributed by atoms with E-state index in [4.69, 9.17) is 11.6 Å². The smallest absolute Gasteiger partial charge is 0.185 e. The molecule has 3 rings (SSSR count). The van der Waals surface area contributed by atoms with E-state index in [1.807, 2.05) is 12.3 Å². The van der Waals surface area contributed by atoms with Crippen LogP contribution in [0.1, 0.15) is 6.42 Å². The van der Waals surface area contributed by atoms with Crippen molar-refractivity contribution in [2.24, 2.45) is 0 Å². The Balaban J connectivity index is 1.69. The first kappa shape index (κ1) is 14.8. The van der Waals surface area contributed by atoms with Gasteiger partial charge in [0.25, 0.3) is 0 Å². The number of aromatic nitrogens is 1. The number of alkyl halides is 1. The molecule has 2 heterocycles. The van der Waals surface area contributed by atoms with Crippen LogP contribution < -0.4 is 4.90 Å². The summed E-state index contributed by atoms with van der Waals surface area (Å²) in [5.74, 6) is 0.718. The van der Waals surface area contributed by atoms with Crippen LogP contribution in [0, 0.1) is 0 Å². The molecule has 5 heteroatoms. The fourth-order valence-corrected chi connectivity index (χ4v) is 3.86. The van der Waals surface area contributed by atoms with Crippen molar-refractivity contribution in [1.29, 1.82) is 0 Å². The van der Waals surface area contributed by atoms with Gasteiger partial charge < -0.3 is 9.80 Å². The highest BCUT2D eigenvalue weighted by molar-refractivity contribution is 7.18. The van der Waals surface area contributed by atoms with Gasteiger partial charge in [0.15, 0.2) is 5.13 Å². The minimum atomic E-state index is 0.718. The molecule has 3 nitrogen and oxygen atoms in total. The number of hydrogen-bond acceptors (Lipinski definition) is 4. The van der Waals surface area contributed by atoms with Crippen molar-refractivity contribution in [3.8, 4) is 10.4 Å². The molecule has 0 saturated carbocycles. The zero-order valence-corrected chi connectivity index (χ0v) is 13.6. The normalized spacial score (nSPS) is 16.9. The maximum absolute atomic E-state index is 5.85. The van der Waals surface area contributed by atoms with E-state index in [0.717, 1.165) is 43.7 Å². The van der Waals surface area contributed by atoms with E-state index >= 15 is 0 Å². The highest BCUT2D eigenvalue weighted by Gasteiger charge is 2.17. The molecule has 0 aliphatic carbocycles. The number of nitrogens with zero attached hydrogens (tertiary/aromatic N) is 3. The second-order valence-corrected chi connectivity index (χ2v) is 6.63. The summed E-state index contributed by atoms with van der Waals surface area (Å²) in [6.07, 6.45) is 3.17. The van der Waals surface area contributed by atoms with Gasteiger partial charge in [0.1, 0.15) is 0 Å². The third-order valence-electron chi connectivity index (χ3n) is 3.81. The van der Waals surface area contributed by atoms with Crippen molar-refractivity contribution in [3.63, 3.8) is 0 Å². The highest BCUT2D eigenvalue weighted by atomic mass is 35.5. The summed E-state index contributed by atoms with van der Waals surface area (Å²) in [5.41, 5.74) is 1.25. The second kappa shape index (κ2) is 7.25. The van der Waals surface area contributed by atoms with Crippen molar-refractivity contribution in [2.75, 3.05) is 43.5 Å². The fourth-order valence-electron chi connectivity index (χ4n) is 2.65. The summed E-state index contributed by atoms with van der Waals surface area (Å²) in [6, 6.07) is 10.5. The van der Waals surface area contributed by atoms with E-state index in [1.54, 1.807) is 11.3 Å². The van der Waals surface area contributed by atoms with Crippen LogP contribution in [0.3, 0.4) is 0 Å². The van der Waals surface area contributed by atoms with Crippen molar-refractivity contribution in [3.05, 3.63) is 36.5 Å². The third kappa shape index (κ3) is 3.76. The number of benzene rings is 1. The summed E-state index contributed by atoms with van der Waals surface area (Å²) in [7, 11) is 0. The Hall–Kier alpha value is -1.10. The van der Waals surface area contributed by atoms with E-state index in [0.29, 0.717) is 0 Å². The Morgan fingerprint density at radius 3 is 2.76 bits per heavy atom. The first-order chi connectivity index (χ1) is 10.4. The van der Waals surface area contributed by atoms with Crippen molar-refractivity contribution < 1.29 is 0 Å². The molecule has 1 saturated heterocycles. The molecule has 0 spiro atoms. The lowest BCUT2D eigenvalue weighted by Gasteiger charge is -2.20. The maximum atomic E-state index is 5.85. The van der Waals surface area contributed by atoms with E-state index in [2.05, 4.69) is 39.0 Å². The molecular formula is C16H20ClN3S. The Labute approximate surface area is 135 Å². The average molecular weight is 322 g/mol. The monoisotopic (exact) mass is 321 g/mol. The van der Waals surface area contributed by atoms with Crippen LogP contribution in [0.5, 0.6) is 0 Å². The fraction of sp³-hybridized carbons (Fsp3) is 0.438. The van der Waals surface area contributed by atoms with Crippen molar-refractivity contribution >= 4 is 28.1 Å². The van der Waals surface area contributed by atoms with Gasteiger partial charge in [-0.25, -0.2) is 4.98 Å². The minimum Gasteiger partial charge on any atom is -0.347 e. The first-order valence-electron chi connectivity index (χ1n) is 7.41. The molecule has 1 aliphatic rings. The lowest BCUT2D eigenvalue weighted by molar-refractivity contribution is 0.311. The van der Waals surface area contributed by atoms with Gasteiger partial charge in [0, 0.05) is 38.3 Å². The number of anilines is 1. The van der Waals surface area contributed by atoms with Gasteiger partial charge in [-0.05, 0) is 18.5 Å². The molecule has 0 bridgehead atoms. The molecule has 21 heavy (non-hydrogen) atoms. The van der Waals surface area contributed by atoms with Crippen LogP contribution in [0.4, 0.5) is 5.13 Å². The molecule has 1 aromatic carbocycles. The summed E-state index contributed by atoms with van der Waals surface area (Å²) in [6.45, 7) is 5.33. The van der Waals surface area contributed by atoms with Crippen LogP contribution in [0.25, 0.3) is 10.4 Å². The summed E-state index contributed by atoms with van der Waals surface area (Å²) in [4.78, 5) is 10.7. The molecule has 0 N–H and O–H groups in total. The van der Waals surface area contributed by atoms with E-state index in [9.17, 15) is 0 Å². The topological polar surface area (TPSA) is 19.4 Å². The van der Waals surface area contributed by atoms with Gasteiger partial charge in [0.05, 0.1) is 4.88 Å².